The van der Waals surface area contributed by atoms with Gasteiger partial charge >= 0.3 is 5.97 Å². The van der Waals surface area contributed by atoms with Crippen molar-refractivity contribution >= 4 is 28.6 Å². The van der Waals surface area contributed by atoms with Gasteiger partial charge in [0.1, 0.15) is 17.1 Å². The Morgan fingerprint density at radius 1 is 1.17 bits per heavy atom. The number of carbonyl (C=O) groups is 3. The number of rotatable bonds is 15. The SMILES string of the molecule is C=CCCCCC[C@H](C)C(=O)N1C[C@@]2(CCc3c(c(C4CCC4)nc4ccc(OC)cc34)O2)C[C@H]1C(=O)CC1(C(=O)OCC)C[C@H]1C=C. The molecule has 0 bridgehead atoms. The van der Waals surface area contributed by atoms with Crippen LogP contribution in [-0.4, -0.2) is 59.4 Å². The van der Waals surface area contributed by atoms with E-state index in [2.05, 4.69) is 13.2 Å². The van der Waals surface area contributed by atoms with Gasteiger partial charge in [-0.2, -0.15) is 0 Å². The van der Waals surface area contributed by atoms with Crippen molar-refractivity contribution in [3.8, 4) is 11.5 Å². The average Bonchev–Trinajstić information content (AvgIpc) is 3.66. The summed E-state index contributed by atoms with van der Waals surface area (Å²) in [6.45, 7) is 12.1. The van der Waals surface area contributed by atoms with Crippen LogP contribution in [0.2, 0.25) is 0 Å². The number of aryl methyl sites for hydroxylation is 1. The molecule has 4 aliphatic rings. The van der Waals surface area contributed by atoms with E-state index in [1.807, 2.05) is 31.2 Å². The Kier molecular flexibility index (Phi) is 10.0. The Hall–Kier alpha value is -3.68. The van der Waals surface area contributed by atoms with Crippen LogP contribution < -0.4 is 9.47 Å². The molecular weight excluding hydrogens is 604 g/mol. The number of Topliss-reactive ketones (excluding diaryl/α,β-unsaturated/α-hetero) is 1. The molecule has 1 spiro atoms. The zero-order valence-electron chi connectivity index (χ0n) is 29.1. The molecule has 1 aromatic heterocycles. The highest BCUT2D eigenvalue weighted by atomic mass is 16.5. The lowest BCUT2D eigenvalue weighted by Crippen LogP contribution is -2.46. The predicted molar refractivity (Wildman–Crippen MR) is 186 cm³/mol. The monoisotopic (exact) mass is 656 g/mol. The van der Waals surface area contributed by atoms with E-state index in [0.29, 0.717) is 31.7 Å². The molecule has 8 heteroatoms. The normalized spacial score (nSPS) is 26.7. The van der Waals surface area contributed by atoms with Crippen molar-refractivity contribution in [2.75, 3.05) is 20.3 Å². The number of pyridine rings is 1. The van der Waals surface area contributed by atoms with E-state index in [-0.39, 0.29) is 42.5 Å². The maximum Gasteiger partial charge on any atom is 0.313 e. The number of esters is 1. The van der Waals surface area contributed by atoms with Crippen molar-refractivity contribution in [2.24, 2.45) is 17.3 Å². The summed E-state index contributed by atoms with van der Waals surface area (Å²) in [4.78, 5) is 48.7. The van der Waals surface area contributed by atoms with E-state index in [1.165, 1.54) is 6.42 Å². The van der Waals surface area contributed by atoms with Crippen LogP contribution in [-0.2, 0) is 25.5 Å². The molecule has 8 nitrogen and oxygen atoms in total. The lowest BCUT2D eigenvalue weighted by Gasteiger charge is -2.39. The third-order valence-corrected chi connectivity index (χ3v) is 11.5. The van der Waals surface area contributed by atoms with Crippen LogP contribution in [0.15, 0.2) is 43.5 Å². The second-order valence-corrected chi connectivity index (χ2v) is 14.7. The minimum Gasteiger partial charge on any atom is -0.497 e. The van der Waals surface area contributed by atoms with Crippen molar-refractivity contribution in [3.05, 3.63) is 54.8 Å². The zero-order chi connectivity index (χ0) is 34.1. The molecule has 1 unspecified atom stereocenters. The van der Waals surface area contributed by atoms with Gasteiger partial charge in [-0.05, 0) is 82.4 Å². The Balaban J connectivity index is 1.31. The zero-order valence-corrected chi connectivity index (χ0v) is 29.1. The minimum atomic E-state index is -0.893. The van der Waals surface area contributed by atoms with Crippen molar-refractivity contribution in [1.82, 2.24) is 9.88 Å². The van der Waals surface area contributed by atoms with E-state index in [0.717, 1.165) is 85.0 Å². The van der Waals surface area contributed by atoms with E-state index >= 15 is 0 Å². The van der Waals surface area contributed by atoms with Crippen molar-refractivity contribution in [1.29, 1.82) is 0 Å². The first-order valence-corrected chi connectivity index (χ1v) is 18.1. The van der Waals surface area contributed by atoms with Crippen LogP contribution in [0.25, 0.3) is 10.9 Å². The van der Waals surface area contributed by atoms with Gasteiger partial charge in [-0.15, -0.1) is 13.2 Å². The Labute approximate surface area is 285 Å². The smallest absolute Gasteiger partial charge is 0.313 e. The first kappa shape index (κ1) is 34.2. The molecular formula is C40H52N2O6. The third-order valence-electron chi connectivity index (χ3n) is 11.5. The molecule has 3 heterocycles. The summed E-state index contributed by atoms with van der Waals surface area (Å²) in [6.07, 6.45) is 14.2. The summed E-state index contributed by atoms with van der Waals surface area (Å²) in [5.74, 6) is 1.18. The molecule has 0 N–H and O–H groups in total. The molecule has 2 saturated carbocycles. The fourth-order valence-corrected chi connectivity index (χ4v) is 8.28. The second-order valence-electron chi connectivity index (χ2n) is 14.7. The highest BCUT2D eigenvalue weighted by Gasteiger charge is 2.62. The second kappa shape index (κ2) is 14.0. The molecule has 2 aliphatic carbocycles. The molecule has 5 atom stereocenters. The van der Waals surface area contributed by atoms with Gasteiger partial charge in [0.2, 0.25) is 5.91 Å². The molecule has 1 aromatic carbocycles. The lowest BCUT2D eigenvalue weighted by molar-refractivity contribution is -0.152. The molecule has 1 amide bonds. The average molecular weight is 657 g/mol. The van der Waals surface area contributed by atoms with E-state index in [1.54, 1.807) is 25.0 Å². The Morgan fingerprint density at radius 2 is 1.98 bits per heavy atom. The van der Waals surface area contributed by atoms with Gasteiger partial charge in [0.25, 0.3) is 0 Å². The first-order chi connectivity index (χ1) is 23.2. The van der Waals surface area contributed by atoms with Crippen molar-refractivity contribution < 1.29 is 28.6 Å². The number of hydrogen-bond acceptors (Lipinski definition) is 7. The number of aromatic nitrogens is 1. The van der Waals surface area contributed by atoms with Crippen LogP contribution in [0.1, 0.15) is 108 Å². The molecule has 2 aromatic rings. The number of ketones is 1. The number of ether oxygens (including phenoxy) is 3. The number of hydrogen-bond donors (Lipinski definition) is 0. The molecule has 48 heavy (non-hydrogen) atoms. The van der Waals surface area contributed by atoms with E-state index in [9.17, 15) is 14.4 Å². The summed E-state index contributed by atoms with van der Waals surface area (Å²) in [6, 6.07) is 5.36. The van der Waals surface area contributed by atoms with Crippen molar-refractivity contribution in [3.63, 3.8) is 0 Å². The fraction of sp³-hybridized carbons (Fsp3) is 0.600. The highest BCUT2D eigenvalue weighted by molar-refractivity contribution is 5.95. The summed E-state index contributed by atoms with van der Waals surface area (Å²) in [5.41, 5.74) is 1.48. The number of carbonyl (C=O) groups excluding carboxylic acids is 3. The van der Waals surface area contributed by atoms with Gasteiger partial charge in [-0.3, -0.25) is 14.4 Å². The molecule has 2 aliphatic heterocycles. The van der Waals surface area contributed by atoms with Crippen LogP contribution in [0.5, 0.6) is 11.5 Å². The summed E-state index contributed by atoms with van der Waals surface area (Å²) in [5, 5.41) is 1.03. The number of allylic oxidation sites excluding steroid dienone is 2. The summed E-state index contributed by atoms with van der Waals surface area (Å²) < 4.78 is 18.1. The van der Waals surface area contributed by atoms with Gasteiger partial charge in [-0.25, -0.2) is 4.98 Å². The highest BCUT2D eigenvalue weighted by Crippen LogP contribution is 2.58. The van der Waals surface area contributed by atoms with Gasteiger partial charge in [0.15, 0.2) is 5.78 Å². The number of methoxy groups -OCH3 is 1. The van der Waals surface area contributed by atoms with Crippen LogP contribution in [0.4, 0.5) is 0 Å². The number of unbranched alkanes of at least 4 members (excludes halogenated alkanes) is 3. The van der Waals surface area contributed by atoms with Gasteiger partial charge < -0.3 is 19.1 Å². The number of likely N-dealkylation sites (tertiary alicyclic amines) is 1. The van der Waals surface area contributed by atoms with Gasteiger partial charge in [0, 0.05) is 35.6 Å². The van der Waals surface area contributed by atoms with Crippen LogP contribution in [0.3, 0.4) is 0 Å². The van der Waals surface area contributed by atoms with Crippen molar-refractivity contribution in [2.45, 2.75) is 115 Å². The Bertz CT molecular complexity index is 1580. The molecule has 6 rings (SSSR count). The Morgan fingerprint density at radius 3 is 2.65 bits per heavy atom. The van der Waals surface area contributed by atoms with E-state index in [4.69, 9.17) is 19.2 Å². The molecule has 0 radical (unpaired) electrons. The third kappa shape index (κ3) is 6.39. The van der Waals surface area contributed by atoms with Gasteiger partial charge in [0.05, 0.1) is 42.9 Å². The molecule has 1 saturated heterocycles. The summed E-state index contributed by atoms with van der Waals surface area (Å²) >= 11 is 0. The quantitative estimate of drug-likeness (QED) is 0.110. The number of amides is 1. The standard InChI is InChI=1S/C40H52N2O6/c1-6-9-10-11-12-14-26(4)37(44)42-25-39(23-33(42)34(43)24-40(22-28(40)7-2)38(45)47-8-3)20-19-30-31-21-29(46-5)17-18-32(31)41-35(36(30)48-39)27-15-13-16-27/h6-7,17-18,21,26-28,33H,1-2,8-16,19-20,22-25H2,3-5H3/t26-,28+,33-,39+,40?/m0/s1. The van der Waals surface area contributed by atoms with Crippen LogP contribution in [0, 0.1) is 17.3 Å². The predicted octanol–water partition coefficient (Wildman–Crippen LogP) is 7.66. The van der Waals surface area contributed by atoms with Gasteiger partial charge in [-0.1, -0.05) is 38.3 Å². The summed E-state index contributed by atoms with van der Waals surface area (Å²) in [7, 11) is 1.67. The topological polar surface area (TPSA) is 95.0 Å². The van der Waals surface area contributed by atoms with Crippen LogP contribution >= 0.6 is 0 Å². The fourth-order valence-electron chi connectivity index (χ4n) is 8.28. The number of nitrogens with zero attached hydrogens (tertiary/aromatic N) is 2. The minimum absolute atomic E-state index is 0.00909. The van der Waals surface area contributed by atoms with E-state index < -0.39 is 17.1 Å². The first-order valence-electron chi connectivity index (χ1n) is 18.1. The lowest BCUT2D eigenvalue weighted by atomic mass is 9.79. The maximum atomic E-state index is 14.4. The molecule has 3 fully saturated rings. The molecule has 258 valence electrons. The number of fused-ring (bicyclic) bond motifs is 3. The largest absolute Gasteiger partial charge is 0.497 e. The number of benzene rings is 1. The maximum absolute atomic E-state index is 14.4.